The summed E-state index contributed by atoms with van der Waals surface area (Å²) in [7, 11) is 0. The zero-order valence-electron chi connectivity index (χ0n) is 28.2. The Kier molecular flexibility index (Phi) is 9.47. The summed E-state index contributed by atoms with van der Waals surface area (Å²) in [6.07, 6.45) is 10.8. The molecule has 2 aromatic heterocycles. The van der Waals surface area contributed by atoms with Gasteiger partial charge in [0.25, 0.3) is 0 Å². The van der Waals surface area contributed by atoms with Gasteiger partial charge in [-0.3, -0.25) is 14.7 Å². The molecule has 2 aliphatic heterocycles. The molecule has 1 aromatic carbocycles. The summed E-state index contributed by atoms with van der Waals surface area (Å²) in [5.41, 5.74) is -0.175. The predicted molar refractivity (Wildman–Crippen MR) is 182 cm³/mol. The fourth-order valence-electron chi connectivity index (χ4n) is 7.50. The smallest absolute Gasteiger partial charge is 0.319 e. The van der Waals surface area contributed by atoms with Crippen LogP contribution in [0.2, 0.25) is 0 Å². The van der Waals surface area contributed by atoms with Crippen molar-refractivity contribution in [2.45, 2.75) is 50.2 Å². The van der Waals surface area contributed by atoms with E-state index in [9.17, 15) is 9.90 Å². The normalized spacial score (nSPS) is 24.9. The van der Waals surface area contributed by atoms with E-state index in [1.807, 2.05) is 4.90 Å². The number of aliphatic hydroxyl groups is 1. The fraction of sp³-hybridized carbons (Fsp3) is 0.514. The lowest BCUT2D eigenvalue weighted by molar-refractivity contribution is -0.117. The molecular weight excluding hydrogens is 646 g/mol. The molecule has 0 bridgehead atoms. The molecule has 0 spiro atoms. The molecule has 1 amide bonds. The van der Waals surface area contributed by atoms with Gasteiger partial charge in [-0.15, -0.1) is 6.42 Å². The number of amides is 1. The molecule has 3 fully saturated rings. The number of carbonyl (C=O) groups is 1. The van der Waals surface area contributed by atoms with Crippen molar-refractivity contribution in [3.05, 3.63) is 65.0 Å². The highest BCUT2D eigenvalue weighted by Gasteiger charge is 2.45. The maximum absolute atomic E-state index is 17.1. The fourth-order valence-corrected chi connectivity index (χ4v) is 7.50. The summed E-state index contributed by atoms with van der Waals surface area (Å²) >= 11 is 0. The van der Waals surface area contributed by atoms with Crippen LogP contribution in [0.15, 0.2) is 31.0 Å². The van der Waals surface area contributed by atoms with E-state index >= 15 is 8.78 Å². The zero-order valence-corrected chi connectivity index (χ0v) is 28.2. The molecule has 264 valence electrons. The van der Waals surface area contributed by atoms with Crippen LogP contribution in [0.3, 0.4) is 0 Å². The highest BCUT2D eigenvalue weighted by atomic mass is 19.1. The minimum absolute atomic E-state index is 0.00210. The van der Waals surface area contributed by atoms with Crippen molar-refractivity contribution in [3.8, 4) is 18.4 Å². The largest absolute Gasteiger partial charge is 0.463 e. The minimum Gasteiger partial charge on any atom is -0.463 e. The maximum atomic E-state index is 17.1. The Labute approximate surface area is 290 Å². The van der Waals surface area contributed by atoms with Crippen LogP contribution in [0.5, 0.6) is 6.01 Å². The van der Waals surface area contributed by atoms with Gasteiger partial charge in [-0.2, -0.15) is 9.97 Å². The van der Waals surface area contributed by atoms with E-state index in [1.165, 1.54) is 18.3 Å². The van der Waals surface area contributed by atoms with Gasteiger partial charge in [0.2, 0.25) is 5.91 Å². The number of hydrogen-bond donors (Lipinski definition) is 2. The third kappa shape index (κ3) is 7.03. The van der Waals surface area contributed by atoms with Gasteiger partial charge in [-0.1, -0.05) is 18.6 Å². The number of morpholine rings is 1. The molecule has 4 heterocycles. The predicted octanol–water partition coefficient (Wildman–Crippen LogP) is 3.11. The summed E-state index contributed by atoms with van der Waals surface area (Å²) in [6.45, 7) is 10.9. The van der Waals surface area contributed by atoms with Gasteiger partial charge in [-0.25, -0.2) is 8.78 Å². The maximum Gasteiger partial charge on any atom is 0.319 e. The van der Waals surface area contributed by atoms with Crippen LogP contribution in [0, 0.1) is 29.4 Å². The summed E-state index contributed by atoms with van der Waals surface area (Å²) in [5, 5.41) is 14.5. The van der Waals surface area contributed by atoms with E-state index < -0.39 is 29.2 Å². The second-order valence-electron chi connectivity index (χ2n) is 14.2. The van der Waals surface area contributed by atoms with Gasteiger partial charge in [0, 0.05) is 56.7 Å². The van der Waals surface area contributed by atoms with Crippen molar-refractivity contribution < 1.29 is 32.9 Å². The van der Waals surface area contributed by atoms with Crippen LogP contribution in [0.25, 0.3) is 10.9 Å². The quantitative estimate of drug-likeness (QED) is 0.256. The number of aromatic nitrogens is 3. The number of ether oxygens (including phenoxy) is 3. The van der Waals surface area contributed by atoms with Crippen LogP contribution < -0.4 is 15.0 Å². The van der Waals surface area contributed by atoms with Gasteiger partial charge < -0.3 is 29.5 Å². The van der Waals surface area contributed by atoms with Crippen LogP contribution in [0.1, 0.15) is 54.5 Å². The third-order valence-corrected chi connectivity index (χ3v) is 10.2. The first-order chi connectivity index (χ1) is 24.1. The van der Waals surface area contributed by atoms with Crippen LogP contribution in [-0.4, -0.2) is 108 Å². The number of rotatable bonds is 9. The van der Waals surface area contributed by atoms with E-state index in [4.69, 9.17) is 25.6 Å². The molecule has 3 aromatic rings. The number of anilines is 1. The van der Waals surface area contributed by atoms with Crippen molar-refractivity contribution in [3.63, 3.8) is 0 Å². The first-order valence-electron chi connectivity index (χ1n) is 17.1. The molecule has 2 aliphatic carbocycles. The van der Waals surface area contributed by atoms with E-state index in [-0.39, 0.29) is 53.6 Å². The second kappa shape index (κ2) is 13.8. The number of carbonyl (C=O) groups excluding carboxylic acids is 1. The van der Waals surface area contributed by atoms with Crippen LogP contribution >= 0.6 is 0 Å². The van der Waals surface area contributed by atoms with E-state index in [0.29, 0.717) is 61.8 Å². The number of nitrogens with one attached hydrogen (secondary N) is 1. The summed E-state index contributed by atoms with van der Waals surface area (Å²) < 4.78 is 49.7. The molecular formula is C37H42F2N6O5. The molecule has 7 rings (SSSR count). The molecule has 0 radical (unpaired) electrons. The molecule has 1 saturated carbocycles. The van der Waals surface area contributed by atoms with E-state index in [0.717, 1.165) is 32.5 Å². The number of fused-ring (bicyclic) bond motifs is 2. The molecule has 3 atom stereocenters. The minimum atomic E-state index is -1.22. The monoisotopic (exact) mass is 688 g/mol. The zero-order chi connectivity index (χ0) is 35.0. The Morgan fingerprint density at radius 3 is 2.74 bits per heavy atom. The number of benzene rings is 1. The molecule has 2 N–H and O–H groups in total. The molecule has 13 heteroatoms. The number of pyridine rings is 1. The van der Waals surface area contributed by atoms with Crippen LogP contribution in [0.4, 0.5) is 14.6 Å². The molecule has 2 saturated heterocycles. The van der Waals surface area contributed by atoms with Crippen molar-refractivity contribution in [2.75, 3.05) is 70.7 Å². The average Bonchev–Trinajstić information content (AvgIpc) is 3.91. The summed E-state index contributed by atoms with van der Waals surface area (Å²) in [5.74, 6) is 0.336. The number of terminal acetylenes is 1. The Hall–Kier alpha value is -4.22. The second-order valence-corrected chi connectivity index (χ2v) is 14.2. The van der Waals surface area contributed by atoms with Crippen LogP contribution in [-0.2, 0) is 20.7 Å². The van der Waals surface area contributed by atoms with Crippen molar-refractivity contribution in [2.24, 2.45) is 5.41 Å². The highest BCUT2D eigenvalue weighted by molar-refractivity contribution is 5.90. The van der Waals surface area contributed by atoms with Gasteiger partial charge in [-0.05, 0) is 49.5 Å². The molecule has 50 heavy (non-hydrogen) atoms. The van der Waals surface area contributed by atoms with Crippen molar-refractivity contribution in [1.82, 2.24) is 25.2 Å². The van der Waals surface area contributed by atoms with E-state index in [2.05, 4.69) is 32.7 Å². The lowest BCUT2D eigenvalue weighted by atomic mass is 9.72. The third-order valence-electron chi connectivity index (χ3n) is 10.2. The Morgan fingerprint density at radius 2 is 2.00 bits per heavy atom. The topological polar surface area (TPSA) is 122 Å². The standard InChI is InChI=1S/C37H42F2N6O5/c1-4-25-28(38)7-6-23-16-36(3,47)17-26(30(23)25)32-31(39)33-27(18-40-32)34(45-12-15-49-20-24(19-45)41-29(46)5-2)43-35(42-33)50-22-37(8-9-37)21-44-10-13-48-14-11-44/h1,5-7,18,24,26,47H,2,8-17,19-22H2,3H3,(H,41,46)/t24-,26?,36?/m0/s1. The highest BCUT2D eigenvalue weighted by Crippen LogP contribution is 2.47. The first-order valence-corrected chi connectivity index (χ1v) is 17.1. The van der Waals surface area contributed by atoms with Crippen molar-refractivity contribution >= 4 is 22.6 Å². The van der Waals surface area contributed by atoms with Gasteiger partial charge >= 0.3 is 6.01 Å². The summed E-state index contributed by atoms with van der Waals surface area (Å²) in [6, 6.07) is 2.49. The molecule has 4 aliphatic rings. The Bertz CT molecular complexity index is 1840. The van der Waals surface area contributed by atoms with Crippen molar-refractivity contribution in [1.29, 1.82) is 0 Å². The lowest BCUT2D eigenvalue weighted by Crippen LogP contribution is -2.44. The first kappa shape index (κ1) is 34.2. The van der Waals surface area contributed by atoms with E-state index in [1.54, 1.807) is 13.0 Å². The Morgan fingerprint density at radius 1 is 1.22 bits per heavy atom. The SMILES string of the molecule is C#Cc1c(F)ccc2c1C(c1ncc3c(N4CCOC[C@@H](NC(=O)C=C)C4)nc(OCC4(CN5CCOCC5)CC4)nc3c1F)CC(C)(O)C2. The number of halogens is 2. The van der Waals surface area contributed by atoms with Gasteiger partial charge in [0.15, 0.2) is 5.82 Å². The molecule has 2 unspecified atom stereocenters. The molecule has 11 nitrogen and oxygen atoms in total. The number of hydrogen-bond acceptors (Lipinski definition) is 10. The van der Waals surface area contributed by atoms with Gasteiger partial charge in [0.05, 0.1) is 61.3 Å². The summed E-state index contributed by atoms with van der Waals surface area (Å²) in [4.78, 5) is 30.5. The average molecular weight is 689 g/mol. The number of nitrogens with zero attached hydrogens (tertiary/aromatic N) is 5. The lowest BCUT2D eigenvalue weighted by Gasteiger charge is -2.36. The van der Waals surface area contributed by atoms with Gasteiger partial charge in [0.1, 0.15) is 17.2 Å². The Balaban J connectivity index is 1.29.